The van der Waals surface area contributed by atoms with Gasteiger partial charge in [-0.3, -0.25) is 0 Å². The van der Waals surface area contributed by atoms with E-state index in [-0.39, 0.29) is 0 Å². The van der Waals surface area contributed by atoms with Crippen LogP contribution in [0.5, 0.6) is 5.75 Å². The highest BCUT2D eigenvalue weighted by molar-refractivity contribution is 5.26. The summed E-state index contributed by atoms with van der Waals surface area (Å²) >= 11 is 0. The fraction of sp³-hybridized carbons (Fsp3) is 0.385. The minimum atomic E-state index is 0.910. The van der Waals surface area contributed by atoms with Crippen molar-refractivity contribution in [2.24, 2.45) is 0 Å². The highest BCUT2D eigenvalue weighted by Crippen LogP contribution is 2.14. The molecule has 0 amide bonds. The van der Waals surface area contributed by atoms with E-state index in [1.807, 2.05) is 18.2 Å². The lowest BCUT2D eigenvalue weighted by Crippen LogP contribution is -2.38. The molecule has 0 radical (unpaired) electrons. The predicted molar refractivity (Wildman–Crippen MR) is 63.9 cm³/mol. The first-order valence-electron chi connectivity index (χ1n) is 5.13. The summed E-state index contributed by atoms with van der Waals surface area (Å²) in [7, 11) is 6.09. The third kappa shape index (κ3) is 3.76. The number of ether oxygens (including phenoxy) is 1. The van der Waals surface area contributed by atoms with Gasteiger partial charge < -0.3 is 9.22 Å². The van der Waals surface area contributed by atoms with Crippen molar-refractivity contribution in [3.8, 4) is 5.75 Å². The van der Waals surface area contributed by atoms with Crippen LogP contribution in [0.15, 0.2) is 36.9 Å². The molecule has 2 nitrogen and oxygen atoms in total. The summed E-state index contributed by atoms with van der Waals surface area (Å²) in [6.07, 6.45) is 1.96. The van der Waals surface area contributed by atoms with Crippen LogP contribution in [0.25, 0.3) is 0 Å². The Bertz CT molecular complexity index is 314. The molecule has 0 fully saturated rings. The lowest BCUT2D eigenvalue weighted by Gasteiger charge is -2.28. The summed E-state index contributed by atoms with van der Waals surface area (Å²) < 4.78 is 6.05. The maximum absolute atomic E-state index is 5.13. The molecule has 82 valence electrons. The zero-order valence-corrected chi connectivity index (χ0v) is 9.86. The summed E-state index contributed by atoms with van der Waals surface area (Å²) in [5, 5.41) is 0. The third-order valence-electron chi connectivity index (χ3n) is 2.39. The quantitative estimate of drug-likeness (QED) is 0.531. The van der Waals surface area contributed by atoms with Crippen LogP contribution in [-0.2, 0) is 6.54 Å². The van der Waals surface area contributed by atoms with Gasteiger partial charge in [0.2, 0.25) is 0 Å². The van der Waals surface area contributed by atoms with Crippen LogP contribution in [0.1, 0.15) is 5.56 Å². The number of benzene rings is 1. The van der Waals surface area contributed by atoms with Gasteiger partial charge in [-0.2, -0.15) is 0 Å². The Balaban J connectivity index is 2.68. The molecule has 1 rings (SSSR count). The first kappa shape index (κ1) is 11.8. The van der Waals surface area contributed by atoms with Crippen LogP contribution in [0.4, 0.5) is 0 Å². The Morgan fingerprint density at radius 3 is 2.33 bits per heavy atom. The van der Waals surface area contributed by atoms with E-state index in [2.05, 4.69) is 32.8 Å². The fourth-order valence-corrected chi connectivity index (χ4v) is 1.64. The molecule has 0 saturated carbocycles. The van der Waals surface area contributed by atoms with Crippen molar-refractivity contribution in [2.75, 3.05) is 27.7 Å². The van der Waals surface area contributed by atoms with Gasteiger partial charge in [0.05, 0.1) is 27.7 Å². The van der Waals surface area contributed by atoms with E-state index < -0.39 is 0 Å². The lowest BCUT2D eigenvalue weighted by molar-refractivity contribution is -0.897. The van der Waals surface area contributed by atoms with E-state index in [0.29, 0.717) is 0 Å². The molecule has 0 aliphatic carbocycles. The number of nitrogens with zero attached hydrogens (tertiary/aromatic N) is 1. The summed E-state index contributed by atoms with van der Waals surface area (Å²) in [6.45, 7) is 5.77. The molecule has 2 heteroatoms. The monoisotopic (exact) mass is 206 g/mol. The molecule has 15 heavy (non-hydrogen) atoms. The van der Waals surface area contributed by atoms with Gasteiger partial charge in [-0.1, -0.05) is 6.58 Å². The van der Waals surface area contributed by atoms with Gasteiger partial charge in [-0.15, -0.1) is 0 Å². The highest BCUT2D eigenvalue weighted by atomic mass is 16.5. The maximum Gasteiger partial charge on any atom is 0.118 e. The smallest absolute Gasteiger partial charge is 0.118 e. The number of quaternary nitrogens is 1. The molecule has 0 aliphatic heterocycles. The largest absolute Gasteiger partial charge is 0.497 e. The zero-order chi connectivity index (χ0) is 11.3. The van der Waals surface area contributed by atoms with E-state index in [4.69, 9.17) is 4.74 Å². The summed E-state index contributed by atoms with van der Waals surface area (Å²) in [4.78, 5) is 0. The minimum absolute atomic E-state index is 0.910. The minimum Gasteiger partial charge on any atom is -0.497 e. The summed E-state index contributed by atoms with van der Waals surface area (Å²) in [5.41, 5.74) is 1.32. The van der Waals surface area contributed by atoms with Crippen LogP contribution in [0, 0.1) is 0 Å². The van der Waals surface area contributed by atoms with Crippen LogP contribution < -0.4 is 4.74 Å². The Kier molecular flexibility index (Phi) is 3.92. The topological polar surface area (TPSA) is 9.23 Å². The second-order valence-corrected chi connectivity index (χ2v) is 4.41. The van der Waals surface area contributed by atoms with Crippen molar-refractivity contribution in [1.82, 2.24) is 0 Å². The Hall–Kier alpha value is -1.28. The van der Waals surface area contributed by atoms with Crippen LogP contribution in [0.3, 0.4) is 0 Å². The molecule has 0 heterocycles. The van der Waals surface area contributed by atoms with E-state index in [1.165, 1.54) is 5.56 Å². The predicted octanol–water partition coefficient (Wildman–Crippen LogP) is 2.46. The number of likely N-dealkylation sites (N-methyl/N-ethyl adjacent to an activating group) is 1. The molecule has 0 spiro atoms. The number of hydrogen-bond donors (Lipinski definition) is 0. The van der Waals surface area contributed by atoms with E-state index >= 15 is 0 Å². The Morgan fingerprint density at radius 1 is 1.27 bits per heavy atom. The Morgan fingerprint density at radius 2 is 1.87 bits per heavy atom. The highest BCUT2D eigenvalue weighted by Gasteiger charge is 2.13. The van der Waals surface area contributed by atoms with Crippen LogP contribution in [0.2, 0.25) is 0 Å². The summed E-state index contributed by atoms with van der Waals surface area (Å²) in [6, 6.07) is 8.23. The van der Waals surface area contributed by atoms with Crippen LogP contribution in [-0.4, -0.2) is 32.2 Å². The molecule has 1 aromatic rings. The van der Waals surface area contributed by atoms with Gasteiger partial charge >= 0.3 is 0 Å². The van der Waals surface area contributed by atoms with Gasteiger partial charge in [0, 0.05) is 5.56 Å². The second kappa shape index (κ2) is 4.99. The number of rotatable bonds is 5. The standard InChI is InChI=1S/C13H20NO/c1-5-10-14(2,3)11-12-6-8-13(15-4)9-7-12/h5-9H,1,10-11H2,2-4H3/q+1. The van der Waals surface area contributed by atoms with Crippen LogP contribution >= 0.6 is 0 Å². The third-order valence-corrected chi connectivity index (χ3v) is 2.39. The molecule has 0 bridgehead atoms. The van der Waals surface area contributed by atoms with Crippen molar-refractivity contribution >= 4 is 0 Å². The normalized spacial score (nSPS) is 11.1. The SMILES string of the molecule is C=CC[N+](C)(C)Cc1ccc(OC)cc1. The van der Waals surface area contributed by atoms with E-state index in [0.717, 1.165) is 23.3 Å². The van der Waals surface area contributed by atoms with Gasteiger partial charge in [0.1, 0.15) is 12.3 Å². The fourth-order valence-electron chi connectivity index (χ4n) is 1.64. The van der Waals surface area contributed by atoms with Crippen molar-refractivity contribution in [2.45, 2.75) is 6.54 Å². The van der Waals surface area contributed by atoms with Gasteiger partial charge in [0.15, 0.2) is 0 Å². The van der Waals surface area contributed by atoms with Gasteiger partial charge in [0.25, 0.3) is 0 Å². The molecule has 0 N–H and O–H groups in total. The first-order chi connectivity index (χ1) is 7.07. The number of hydrogen-bond acceptors (Lipinski definition) is 1. The zero-order valence-electron chi connectivity index (χ0n) is 9.86. The Labute approximate surface area is 92.4 Å². The molecule has 1 aromatic carbocycles. The molecule has 0 unspecified atom stereocenters. The van der Waals surface area contributed by atoms with Crippen molar-refractivity contribution in [3.05, 3.63) is 42.5 Å². The average molecular weight is 206 g/mol. The van der Waals surface area contributed by atoms with Crippen molar-refractivity contribution in [1.29, 1.82) is 0 Å². The van der Waals surface area contributed by atoms with Crippen molar-refractivity contribution in [3.63, 3.8) is 0 Å². The molecular formula is C13H20NO+. The van der Waals surface area contributed by atoms with Gasteiger partial charge in [-0.05, 0) is 30.3 Å². The molecular weight excluding hydrogens is 186 g/mol. The maximum atomic E-state index is 5.13. The lowest BCUT2D eigenvalue weighted by atomic mass is 10.2. The average Bonchev–Trinajstić information content (AvgIpc) is 2.18. The van der Waals surface area contributed by atoms with E-state index in [1.54, 1.807) is 7.11 Å². The molecule has 0 aromatic heterocycles. The molecule has 0 saturated heterocycles. The molecule has 0 aliphatic rings. The number of methoxy groups -OCH3 is 1. The molecule has 0 atom stereocenters. The second-order valence-electron chi connectivity index (χ2n) is 4.41. The first-order valence-corrected chi connectivity index (χ1v) is 5.13. The van der Waals surface area contributed by atoms with Crippen molar-refractivity contribution < 1.29 is 9.22 Å². The van der Waals surface area contributed by atoms with E-state index in [9.17, 15) is 0 Å². The summed E-state index contributed by atoms with van der Waals surface area (Å²) in [5.74, 6) is 0.910. The van der Waals surface area contributed by atoms with Gasteiger partial charge in [-0.25, -0.2) is 0 Å².